The van der Waals surface area contributed by atoms with Gasteiger partial charge in [-0.2, -0.15) is 0 Å². The Morgan fingerprint density at radius 2 is 1.79 bits per heavy atom. The van der Waals surface area contributed by atoms with Gasteiger partial charge < -0.3 is 9.73 Å². The average Bonchev–Trinajstić information content (AvgIpc) is 3.15. The number of carbonyl (C=O) groups excluding carboxylic acids is 1. The van der Waals surface area contributed by atoms with Crippen molar-refractivity contribution < 1.29 is 22.0 Å². The topological polar surface area (TPSA) is 101 Å². The lowest BCUT2D eigenvalue weighted by atomic mass is 10.1. The van der Waals surface area contributed by atoms with Crippen LogP contribution in [0.15, 0.2) is 75.0 Å². The fourth-order valence-electron chi connectivity index (χ4n) is 3.67. The first-order chi connectivity index (χ1) is 16.4. The first-order valence-electron chi connectivity index (χ1n) is 11.2. The van der Waals surface area contributed by atoms with E-state index in [0.29, 0.717) is 48.0 Å². The highest BCUT2D eigenvalue weighted by atomic mass is 32.2. The summed E-state index contributed by atoms with van der Waals surface area (Å²) in [6, 6.07) is 15.7. The Labute approximate surface area is 198 Å². The lowest BCUT2D eigenvalue weighted by Crippen LogP contribution is -2.30. The van der Waals surface area contributed by atoms with Crippen LogP contribution in [-0.2, 0) is 21.2 Å². The van der Waals surface area contributed by atoms with Crippen LogP contribution in [0.5, 0.6) is 0 Å². The Morgan fingerprint density at radius 1 is 1.00 bits per heavy atom. The summed E-state index contributed by atoms with van der Waals surface area (Å²) >= 11 is 0. The van der Waals surface area contributed by atoms with E-state index in [0.717, 1.165) is 19.3 Å². The van der Waals surface area contributed by atoms with E-state index >= 15 is 0 Å². The van der Waals surface area contributed by atoms with E-state index < -0.39 is 10.0 Å². The SMILES string of the molecule is O=C(CCc1ccc(-c2ccccc2F)o1)Nc1ccc(S(=O)(=O)NC2=NCCCCC2)cc1. The van der Waals surface area contributed by atoms with Gasteiger partial charge in [-0.05, 0) is 61.4 Å². The fraction of sp³-hybridized carbons (Fsp3) is 0.280. The molecule has 9 heteroatoms. The minimum Gasteiger partial charge on any atom is -0.461 e. The summed E-state index contributed by atoms with van der Waals surface area (Å²) in [7, 11) is -3.72. The molecule has 7 nitrogen and oxygen atoms in total. The van der Waals surface area contributed by atoms with Crippen molar-refractivity contribution >= 4 is 27.5 Å². The first kappa shape index (κ1) is 23.7. The maximum Gasteiger partial charge on any atom is 0.262 e. The van der Waals surface area contributed by atoms with Crippen LogP contribution in [0.4, 0.5) is 10.1 Å². The van der Waals surface area contributed by atoms with Crippen LogP contribution in [0.2, 0.25) is 0 Å². The van der Waals surface area contributed by atoms with Gasteiger partial charge in [0.15, 0.2) is 0 Å². The number of sulfonamides is 1. The molecule has 2 aromatic carbocycles. The standard InChI is InChI=1S/C25H26FN3O4S/c26-22-7-4-3-6-21(22)23-15-11-19(33-23)12-16-25(30)28-18-9-13-20(14-10-18)34(31,32)29-24-8-2-1-5-17-27-24/h3-4,6-7,9-11,13-15H,1-2,5,8,12,16-17H2,(H,27,29)(H,28,30). The minimum atomic E-state index is -3.72. The van der Waals surface area contributed by atoms with Crippen molar-refractivity contribution in [2.75, 3.05) is 11.9 Å². The molecular formula is C25H26FN3O4S. The molecule has 34 heavy (non-hydrogen) atoms. The number of nitrogens with one attached hydrogen (secondary N) is 2. The van der Waals surface area contributed by atoms with Crippen molar-refractivity contribution in [3.05, 3.63) is 72.2 Å². The molecule has 0 aliphatic carbocycles. The molecule has 1 aliphatic rings. The minimum absolute atomic E-state index is 0.105. The summed E-state index contributed by atoms with van der Waals surface area (Å²) in [5.74, 6) is 0.858. The molecule has 1 aliphatic heterocycles. The van der Waals surface area contributed by atoms with E-state index in [1.807, 2.05) is 0 Å². The average molecular weight is 484 g/mol. The van der Waals surface area contributed by atoms with Crippen molar-refractivity contribution in [2.24, 2.45) is 4.99 Å². The molecule has 4 rings (SSSR count). The molecule has 3 aromatic rings. The van der Waals surface area contributed by atoms with Gasteiger partial charge in [0.25, 0.3) is 10.0 Å². The Hall–Kier alpha value is -3.46. The predicted octanol–water partition coefficient (Wildman–Crippen LogP) is 4.91. The van der Waals surface area contributed by atoms with E-state index in [1.54, 1.807) is 42.5 Å². The van der Waals surface area contributed by atoms with Gasteiger partial charge in [-0.15, -0.1) is 0 Å². The van der Waals surface area contributed by atoms with Gasteiger partial charge in [-0.3, -0.25) is 14.5 Å². The van der Waals surface area contributed by atoms with Gasteiger partial charge >= 0.3 is 0 Å². The summed E-state index contributed by atoms with van der Waals surface area (Å²) in [5.41, 5.74) is 0.857. The second-order valence-electron chi connectivity index (χ2n) is 8.06. The predicted molar refractivity (Wildman–Crippen MR) is 129 cm³/mol. The molecule has 0 radical (unpaired) electrons. The summed E-state index contributed by atoms with van der Waals surface area (Å²) < 4.78 is 47.4. The number of halogens is 1. The highest BCUT2D eigenvalue weighted by Crippen LogP contribution is 2.25. The molecule has 0 unspecified atom stereocenters. The Morgan fingerprint density at radius 3 is 2.59 bits per heavy atom. The number of amides is 1. The molecule has 1 amide bonds. The van der Waals surface area contributed by atoms with Crippen molar-refractivity contribution in [2.45, 2.75) is 43.4 Å². The number of hydrogen-bond donors (Lipinski definition) is 2. The number of hydrogen-bond acceptors (Lipinski definition) is 5. The molecule has 0 bridgehead atoms. The quantitative estimate of drug-likeness (QED) is 0.499. The first-order valence-corrected chi connectivity index (χ1v) is 12.7. The van der Waals surface area contributed by atoms with Gasteiger partial charge in [0.1, 0.15) is 23.2 Å². The zero-order valence-electron chi connectivity index (χ0n) is 18.6. The fourth-order valence-corrected chi connectivity index (χ4v) is 4.76. The number of aliphatic imine (C=N–C) groups is 1. The second-order valence-corrected chi connectivity index (χ2v) is 9.75. The third-order valence-electron chi connectivity index (χ3n) is 5.47. The van der Waals surface area contributed by atoms with Gasteiger partial charge in [0.05, 0.1) is 10.5 Å². The van der Waals surface area contributed by atoms with Crippen LogP contribution in [0.3, 0.4) is 0 Å². The lowest BCUT2D eigenvalue weighted by molar-refractivity contribution is -0.116. The van der Waals surface area contributed by atoms with Crippen LogP contribution in [-0.4, -0.2) is 26.7 Å². The Kier molecular flexibility index (Phi) is 7.42. The van der Waals surface area contributed by atoms with E-state index in [-0.39, 0.29) is 23.0 Å². The summed E-state index contributed by atoms with van der Waals surface area (Å²) in [4.78, 5) is 16.7. The van der Waals surface area contributed by atoms with E-state index in [9.17, 15) is 17.6 Å². The molecule has 0 atom stereocenters. The molecule has 0 spiro atoms. The number of carbonyl (C=O) groups is 1. The molecule has 178 valence electrons. The van der Waals surface area contributed by atoms with Crippen LogP contribution in [0, 0.1) is 5.82 Å². The van der Waals surface area contributed by atoms with Gasteiger partial charge in [-0.1, -0.05) is 18.6 Å². The third kappa shape index (κ3) is 6.11. The second kappa shape index (κ2) is 10.6. The van der Waals surface area contributed by atoms with Gasteiger partial charge in [0.2, 0.25) is 5.91 Å². The van der Waals surface area contributed by atoms with Gasteiger partial charge in [0, 0.05) is 31.5 Å². The lowest BCUT2D eigenvalue weighted by Gasteiger charge is -2.10. The maximum absolute atomic E-state index is 13.9. The summed E-state index contributed by atoms with van der Waals surface area (Å²) in [5, 5.41) is 2.75. The zero-order chi connectivity index (χ0) is 24.0. The molecule has 2 N–H and O–H groups in total. The summed E-state index contributed by atoms with van der Waals surface area (Å²) in [6.45, 7) is 0.630. The van der Waals surface area contributed by atoms with Crippen LogP contribution < -0.4 is 10.0 Å². The molecular weight excluding hydrogens is 457 g/mol. The summed E-state index contributed by atoms with van der Waals surface area (Å²) in [6.07, 6.45) is 4.03. The number of benzene rings is 2. The number of amidine groups is 1. The molecule has 1 aromatic heterocycles. The van der Waals surface area contributed by atoms with Crippen molar-refractivity contribution in [3.8, 4) is 11.3 Å². The van der Waals surface area contributed by atoms with E-state index in [1.165, 1.54) is 18.2 Å². The maximum atomic E-state index is 13.9. The number of nitrogens with zero attached hydrogens (tertiary/aromatic N) is 1. The van der Waals surface area contributed by atoms with Crippen molar-refractivity contribution in [1.82, 2.24) is 4.72 Å². The largest absolute Gasteiger partial charge is 0.461 e. The monoisotopic (exact) mass is 483 g/mol. The van der Waals surface area contributed by atoms with E-state index in [2.05, 4.69) is 15.0 Å². The molecule has 0 fully saturated rings. The number of furan rings is 1. The number of rotatable bonds is 7. The normalized spacial score (nSPS) is 14.2. The molecule has 0 saturated carbocycles. The van der Waals surface area contributed by atoms with Crippen LogP contribution >= 0.6 is 0 Å². The zero-order valence-corrected chi connectivity index (χ0v) is 19.4. The Balaban J connectivity index is 1.31. The highest BCUT2D eigenvalue weighted by Gasteiger charge is 2.17. The Bertz CT molecular complexity index is 1280. The van der Waals surface area contributed by atoms with Crippen molar-refractivity contribution in [3.63, 3.8) is 0 Å². The number of anilines is 1. The third-order valence-corrected chi connectivity index (χ3v) is 6.87. The molecule has 2 heterocycles. The van der Waals surface area contributed by atoms with E-state index in [4.69, 9.17) is 4.42 Å². The van der Waals surface area contributed by atoms with Crippen LogP contribution in [0.25, 0.3) is 11.3 Å². The highest BCUT2D eigenvalue weighted by molar-refractivity contribution is 7.90. The van der Waals surface area contributed by atoms with Crippen molar-refractivity contribution in [1.29, 1.82) is 0 Å². The number of aryl methyl sites for hydroxylation is 1. The molecule has 0 saturated heterocycles. The smallest absolute Gasteiger partial charge is 0.262 e. The van der Waals surface area contributed by atoms with Crippen LogP contribution in [0.1, 0.15) is 37.9 Å². The van der Waals surface area contributed by atoms with Gasteiger partial charge in [-0.25, -0.2) is 12.8 Å².